The number of rotatable bonds is 3. The minimum atomic E-state index is 0.453. The van der Waals surface area contributed by atoms with E-state index in [1.165, 1.54) is 25.7 Å². The maximum atomic E-state index is 11.2. The highest BCUT2D eigenvalue weighted by Gasteiger charge is 2.20. The molecule has 1 saturated carbocycles. The lowest BCUT2D eigenvalue weighted by Gasteiger charge is -2.25. The van der Waals surface area contributed by atoms with E-state index in [2.05, 4.69) is 6.92 Å². The van der Waals surface area contributed by atoms with E-state index < -0.39 is 0 Å². The predicted octanol–water partition coefficient (Wildman–Crippen LogP) is 3.18. The van der Waals surface area contributed by atoms with E-state index in [1.54, 1.807) is 0 Å². The summed E-state index contributed by atoms with van der Waals surface area (Å²) in [5, 5.41) is 0. The van der Waals surface area contributed by atoms with Crippen molar-refractivity contribution in [3.63, 3.8) is 0 Å². The molecule has 0 bridgehead atoms. The van der Waals surface area contributed by atoms with Gasteiger partial charge in [-0.05, 0) is 18.3 Å². The second-order valence-electron chi connectivity index (χ2n) is 4.23. The summed E-state index contributed by atoms with van der Waals surface area (Å²) in [5.41, 5.74) is 0. The molecule has 1 aliphatic rings. The van der Waals surface area contributed by atoms with Gasteiger partial charge in [-0.2, -0.15) is 0 Å². The van der Waals surface area contributed by atoms with Crippen LogP contribution < -0.4 is 0 Å². The van der Waals surface area contributed by atoms with Gasteiger partial charge in [-0.1, -0.05) is 33.1 Å². The van der Waals surface area contributed by atoms with Crippen molar-refractivity contribution in [3.05, 3.63) is 0 Å². The molecule has 1 fully saturated rings. The zero-order valence-corrected chi connectivity index (χ0v) is 8.31. The molecule has 0 heterocycles. The number of carbonyl (C=O) groups excluding carboxylic acids is 1. The van der Waals surface area contributed by atoms with Crippen molar-refractivity contribution in [1.82, 2.24) is 0 Å². The first-order chi connectivity index (χ1) is 5.72. The zero-order chi connectivity index (χ0) is 8.97. The van der Waals surface area contributed by atoms with Crippen LogP contribution >= 0.6 is 0 Å². The predicted molar refractivity (Wildman–Crippen MR) is 51.0 cm³/mol. The van der Waals surface area contributed by atoms with Crippen LogP contribution in [0.1, 0.15) is 52.4 Å². The van der Waals surface area contributed by atoms with Gasteiger partial charge in [-0.3, -0.25) is 4.79 Å². The van der Waals surface area contributed by atoms with Gasteiger partial charge in [0.2, 0.25) is 0 Å². The topological polar surface area (TPSA) is 17.1 Å². The van der Waals surface area contributed by atoms with Gasteiger partial charge in [0.05, 0.1) is 0 Å². The van der Waals surface area contributed by atoms with Crippen LogP contribution in [0.5, 0.6) is 0 Å². The summed E-state index contributed by atoms with van der Waals surface area (Å²) in [5.74, 6) is 2.02. The molecule has 0 aromatic rings. The van der Waals surface area contributed by atoms with Gasteiger partial charge in [0, 0.05) is 12.8 Å². The monoisotopic (exact) mass is 168 g/mol. The maximum absolute atomic E-state index is 11.2. The quantitative estimate of drug-likeness (QED) is 0.632. The van der Waals surface area contributed by atoms with Crippen molar-refractivity contribution in [3.8, 4) is 0 Å². The van der Waals surface area contributed by atoms with E-state index in [0.717, 1.165) is 18.8 Å². The van der Waals surface area contributed by atoms with Crippen LogP contribution in [0.4, 0.5) is 0 Å². The first-order valence-electron chi connectivity index (χ1n) is 5.24. The largest absolute Gasteiger partial charge is 0.300 e. The molecule has 12 heavy (non-hydrogen) atoms. The first kappa shape index (κ1) is 9.76. The normalized spacial score (nSPS) is 30.2. The Labute approximate surface area is 75.5 Å². The highest BCUT2D eigenvalue weighted by Crippen LogP contribution is 2.30. The van der Waals surface area contributed by atoms with E-state index in [0.29, 0.717) is 11.7 Å². The third-order valence-corrected chi connectivity index (χ3v) is 2.96. The molecule has 0 saturated heterocycles. The summed E-state index contributed by atoms with van der Waals surface area (Å²) < 4.78 is 0. The Morgan fingerprint density at radius 2 is 2.17 bits per heavy atom. The van der Waals surface area contributed by atoms with Crippen LogP contribution in [0.25, 0.3) is 0 Å². The van der Waals surface area contributed by atoms with E-state index in [1.807, 2.05) is 6.92 Å². The van der Waals surface area contributed by atoms with Gasteiger partial charge in [0.1, 0.15) is 5.78 Å². The standard InChI is InChI=1S/C11H20O/c1-3-11(12)8-10-6-4-5-9(2)7-10/h9-10H,3-8H2,1-2H3. The molecule has 0 aromatic heterocycles. The summed E-state index contributed by atoms with van der Waals surface area (Å²) in [7, 11) is 0. The molecular weight excluding hydrogens is 148 g/mol. The van der Waals surface area contributed by atoms with Crippen molar-refractivity contribution in [1.29, 1.82) is 0 Å². The Bertz CT molecular complexity index is 151. The molecule has 1 heteroatoms. The van der Waals surface area contributed by atoms with E-state index >= 15 is 0 Å². The minimum absolute atomic E-state index is 0.453. The number of Topliss-reactive ketones (excluding diaryl/α,β-unsaturated/α-hetero) is 1. The molecular formula is C11H20O. The van der Waals surface area contributed by atoms with Crippen LogP contribution in [0, 0.1) is 11.8 Å². The number of hydrogen-bond donors (Lipinski definition) is 0. The van der Waals surface area contributed by atoms with Gasteiger partial charge >= 0.3 is 0 Å². The lowest BCUT2D eigenvalue weighted by atomic mass is 9.80. The molecule has 1 aliphatic carbocycles. The minimum Gasteiger partial charge on any atom is -0.300 e. The molecule has 2 unspecified atom stereocenters. The second kappa shape index (κ2) is 4.64. The summed E-state index contributed by atoms with van der Waals surface area (Å²) in [6.07, 6.45) is 6.85. The van der Waals surface area contributed by atoms with Crippen molar-refractivity contribution in [2.45, 2.75) is 52.4 Å². The fourth-order valence-electron chi connectivity index (χ4n) is 2.21. The molecule has 0 aromatic carbocycles. The smallest absolute Gasteiger partial charge is 0.132 e. The van der Waals surface area contributed by atoms with Crippen LogP contribution in [0.3, 0.4) is 0 Å². The van der Waals surface area contributed by atoms with Crippen LogP contribution in [-0.2, 0) is 4.79 Å². The zero-order valence-electron chi connectivity index (χ0n) is 8.31. The van der Waals surface area contributed by atoms with Crippen LogP contribution in [0.2, 0.25) is 0 Å². The van der Waals surface area contributed by atoms with Crippen LogP contribution in [-0.4, -0.2) is 5.78 Å². The summed E-state index contributed by atoms with van der Waals surface area (Å²) in [6.45, 7) is 4.27. The van der Waals surface area contributed by atoms with Crippen molar-refractivity contribution >= 4 is 5.78 Å². The Morgan fingerprint density at radius 1 is 1.42 bits per heavy atom. The lowest BCUT2D eigenvalue weighted by molar-refractivity contribution is -0.119. The molecule has 1 rings (SSSR count). The Kier molecular flexibility index (Phi) is 3.77. The molecule has 0 spiro atoms. The average Bonchev–Trinajstić information content (AvgIpc) is 2.04. The molecule has 70 valence electrons. The third-order valence-electron chi connectivity index (χ3n) is 2.96. The van der Waals surface area contributed by atoms with Crippen molar-refractivity contribution < 1.29 is 4.79 Å². The molecule has 0 amide bonds. The van der Waals surface area contributed by atoms with Crippen molar-refractivity contribution in [2.75, 3.05) is 0 Å². The highest BCUT2D eigenvalue weighted by molar-refractivity contribution is 5.78. The highest BCUT2D eigenvalue weighted by atomic mass is 16.1. The van der Waals surface area contributed by atoms with Crippen molar-refractivity contribution in [2.24, 2.45) is 11.8 Å². The SMILES string of the molecule is CCC(=O)CC1CCCC(C)C1. The molecule has 0 aliphatic heterocycles. The van der Waals surface area contributed by atoms with E-state index in [-0.39, 0.29) is 0 Å². The fourth-order valence-corrected chi connectivity index (χ4v) is 2.21. The summed E-state index contributed by atoms with van der Waals surface area (Å²) in [6, 6.07) is 0. The molecule has 2 atom stereocenters. The molecule has 1 nitrogen and oxygen atoms in total. The molecule has 0 radical (unpaired) electrons. The number of ketones is 1. The Balaban J connectivity index is 2.27. The van der Waals surface area contributed by atoms with Gasteiger partial charge < -0.3 is 0 Å². The fraction of sp³-hybridized carbons (Fsp3) is 0.909. The summed E-state index contributed by atoms with van der Waals surface area (Å²) in [4.78, 5) is 11.2. The van der Waals surface area contributed by atoms with E-state index in [9.17, 15) is 4.79 Å². The Morgan fingerprint density at radius 3 is 2.75 bits per heavy atom. The summed E-state index contributed by atoms with van der Waals surface area (Å²) >= 11 is 0. The third kappa shape index (κ3) is 2.96. The van der Waals surface area contributed by atoms with Gasteiger partial charge in [0.15, 0.2) is 0 Å². The van der Waals surface area contributed by atoms with Gasteiger partial charge in [-0.15, -0.1) is 0 Å². The van der Waals surface area contributed by atoms with Gasteiger partial charge in [0.25, 0.3) is 0 Å². The van der Waals surface area contributed by atoms with Crippen LogP contribution in [0.15, 0.2) is 0 Å². The van der Waals surface area contributed by atoms with Gasteiger partial charge in [-0.25, -0.2) is 0 Å². The average molecular weight is 168 g/mol. The second-order valence-corrected chi connectivity index (χ2v) is 4.23. The van der Waals surface area contributed by atoms with E-state index in [4.69, 9.17) is 0 Å². The number of hydrogen-bond acceptors (Lipinski definition) is 1. The number of carbonyl (C=O) groups is 1. The first-order valence-corrected chi connectivity index (χ1v) is 5.24. The Hall–Kier alpha value is -0.330. The molecule has 0 N–H and O–H groups in total. The maximum Gasteiger partial charge on any atom is 0.132 e. The lowest BCUT2D eigenvalue weighted by Crippen LogP contribution is -2.16.